The number of aliphatic carboxylic acids is 1. The van der Waals surface area contributed by atoms with Gasteiger partial charge in [0.2, 0.25) is 5.91 Å². The van der Waals surface area contributed by atoms with Gasteiger partial charge in [0.15, 0.2) is 0 Å². The van der Waals surface area contributed by atoms with Crippen LogP contribution in [-0.4, -0.2) is 91.9 Å². The van der Waals surface area contributed by atoms with E-state index in [1.165, 1.54) is 0 Å². The summed E-state index contributed by atoms with van der Waals surface area (Å²) in [6, 6.07) is -1.44. The number of carboxylic acid groups (broad SMARTS) is 1. The number of hydrogen-bond acceptors (Lipinski definition) is 9. The average molecular weight is 350 g/mol. The first-order chi connectivity index (χ1) is 11.2. The third-order valence-electron chi connectivity index (χ3n) is 3.44. The molecule has 24 heavy (non-hydrogen) atoms. The molecule has 13 heteroatoms. The minimum Gasteiger partial charge on any atom is -0.477 e. The Balaban J connectivity index is 3.06. The Kier molecular flexibility index (Phi) is 6.86. The summed E-state index contributed by atoms with van der Waals surface area (Å²) in [7, 11) is 0. The highest BCUT2D eigenvalue weighted by Gasteiger charge is 2.53. The molecule has 1 fully saturated rings. The van der Waals surface area contributed by atoms with E-state index in [0.29, 0.717) is 0 Å². The predicted octanol–water partition coefficient (Wildman–Crippen LogP) is -3.58. The molecule has 7 N–H and O–H groups in total. The van der Waals surface area contributed by atoms with Crippen LogP contribution in [0.1, 0.15) is 6.42 Å². The summed E-state index contributed by atoms with van der Waals surface area (Å²) < 4.78 is 4.87. The van der Waals surface area contributed by atoms with Gasteiger partial charge in [-0.05, 0) is 5.53 Å². The zero-order valence-electron chi connectivity index (χ0n) is 12.3. The van der Waals surface area contributed by atoms with Crippen molar-refractivity contribution in [2.24, 2.45) is 5.11 Å². The lowest BCUT2D eigenvalue weighted by Gasteiger charge is -2.44. The van der Waals surface area contributed by atoms with Gasteiger partial charge in [0, 0.05) is 11.3 Å². The molecule has 0 saturated carbocycles. The molecule has 0 aliphatic carbocycles. The van der Waals surface area contributed by atoms with E-state index < -0.39 is 67.7 Å². The van der Waals surface area contributed by atoms with Gasteiger partial charge in [-0.2, -0.15) is 0 Å². The Labute approximate surface area is 134 Å². The maximum absolute atomic E-state index is 11.6. The Bertz CT molecular complexity index is 526. The Morgan fingerprint density at radius 3 is 2.58 bits per heavy atom. The van der Waals surface area contributed by atoms with Gasteiger partial charge in [0.1, 0.15) is 24.9 Å². The van der Waals surface area contributed by atoms with Crippen LogP contribution in [0.4, 0.5) is 0 Å². The molecule has 1 heterocycles. The first-order valence-electron chi connectivity index (χ1n) is 6.75. The van der Waals surface area contributed by atoms with Crippen LogP contribution in [0.5, 0.6) is 0 Å². The summed E-state index contributed by atoms with van der Waals surface area (Å²) >= 11 is 0. The van der Waals surface area contributed by atoms with Crippen molar-refractivity contribution in [1.29, 1.82) is 0 Å². The first kappa shape index (κ1) is 20.1. The van der Waals surface area contributed by atoms with E-state index in [0.717, 1.165) is 0 Å². The van der Waals surface area contributed by atoms with Crippen LogP contribution in [-0.2, 0) is 14.3 Å². The molecule has 1 aliphatic rings. The maximum Gasteiger partial charge on any atom is 0.364 e. The Morgan fingerprint density at radius 2 is 2.08 bits per heavy atom. The van der Waals surface area contributed by atoms with Crippen LogP contribution >= 0.6 is 0 Å². The third kappa shape index (κ3) is 4.52. The van der Waals surface area contributed by atoms with Gasteiger partial charge >= 0.3 is 5.97 Å². The highest BCUT2D eigenvalue weighted by atomic mass is 16.7. The topological polar surface area (TPSA) is 226 Å². The van der Waals surface area contributed by atoms with Crippen LogP contribution in [0.25, 0.3) is 10.4 Å². The number of carbonyl (C=O) groups is 2. The molecule has 0 aromatic rings. The van der Waals surface area contributed by atoms with E-state index in [4.69, 9.17) is 20.5 Å². The molecule has 0 spiro atoms. The molecule has 0 aromatic heterocycles. The van der Waals surface area contributed by atoms with Crippen molar-refractivity contribution in [2.75, 3.05) is 13.2 Å². The van der Waals surface area contributed by atoms with E-state index in [9.17, 15) is 30.0 Å². The number of carbonyl (C=O) groups excluding carboxylic acids is 1. The minimum absolute atomic E-state index is 0.645. The van der Waals surface area contributed by atoms with E-state index in [2.05, 4.69) is 15.3 Å². The normalized spacial score (nSPS) is 32.3. The summed E-state index contributed by atoms with van der Waals surface area (Å²) in [6.07, 6.45) is -8.03. The van der Waals surface area contributed by atoms with E-state index in [1.54, 1.807) is 0 Å². The standard InChI is InChI=1S/C11H18N4O9/c12-15-13-2-6(19)14-7-4(17)1-11(23,10(21)22)24-9(7)8(20)5(18)3-16/h4-5,7-9,16-18,20,23H,1-3H2,(H,14,19)(H,21,22)/t4-,5+,7+,8+,9?,11-/m0/s1. The second-order valence-electron chi connectivity index (χ2n) is 5.17. The molecule has 6 atom stereocenters. The van der Waals surface area contributed by atoms with Crippen LogP contribution < -0.4 is 5.32 Å². The SMILES string of the molecule is [N-]=[N+]=NCC(=O)N[C@H]1C([C@H](O)[C@H](O)CO)O[C@](O)(C(=O)O)C[C@@H]1O. The fraction of sp³-hybridized carbons (Fsp3) is 0.818. The molecule has 1 rings (SSSR count). The quantitative estimate of drug-likeness (QED) is 0.137. The van der Waals surface area contributed by atoms with Gasteiger partial charge in [-0.25, -0.2) is 4.79 Å². The number of azide groups is 1. The predicted molar refractivity (Wildman–Crippen MR) is 73.1 cm³/mol. The van der Waals surface area contributed by atoms with Gasteiger partial charge < -0.3 is 40.7 Å². The second kappa shape index (κ2) is 8.21. The number of aliphatic hydroxyl groups excluding tert-OH is 4. The molecule has 0 aromatic carbocycles. The Hall–Kier alpha value is -1.99. The van der Waals surface area contributed by atoms with Crippen LogP contribution in [0.3, 0.4) is 0 Å². The van der Waals surface area contributed by atoms with Gasteiger partial charge in [-0.15, -0.1) is 0 Å². The lowest BCUT2D eigenvalue weighted by Crippen LogP contribution is -2.67. The molecular formula is C11H18N4O9. The van der Waals surface area contributed by atoms with Gasteiger partial charge in [-0.1, -0.05) is 5.11 Å². The molecule has 1 saturated heterocycles. The molecule has 1 unspecified atom stereocenters. The van der Waals surface area contributed by atoms with Gasteiger partial charge in [-0.3, -0.25) is 4.79 Å². The largest absolute Gasteiger partial charge is 0.477 e. The van der Waals surface area contributed by atoms with Crippen molar-refractivity contribution in [1.82, 2.24) is 5.32 Å². The first-order valence-corrected chi connectivity index (χ1v) is 6.75. The zero-order chi connectivity index (χ0) is 18.5. The van der Waals surface area contributed by atoms with Crippen LogP contribution in [0, 0.1) is 0 Å². The molecule has 0 bridgehead atoms. The van der Waals surface area contributed by atoms with Crippen LogP contribution in [0.2, 0.25) is 0 Å². The van der Waals surface area contributed by atoms with Crippen LogP contribution in [0.15, 0.2) is 5.11 Å². The summed E-state index contributed by atoms with van der Waals surface area (Å²) in [5, 5.41) is 62.3. The Morgan fingerprint density at radius 1 is 1.46 bits per heavy atom. The molecule has 1 aliphatic heterocycles. The number of rotatable bonds is 7. The molecule has 1 amide bonds. The fourth-order valence-electron chi connectivity index (χ4n) is 2.23. The van der Waals surface area contributed by atoms with Crippen molar-refractivity contribution in [3.8, 4) is 0 Å². The molecule has 0 radical (unpaired) electrons. The number of ether oxygens (including phenoxy) is 1. The van der Waals surface area contributed by atoms with Gasteiger partial charge in [0.05, 0.1) is 18.8 Å². The number of carboxylic acids is 1. The van der Waals surface area contributed by atoms with Gasteiger partial charge in [0.25, 0.3) is 5.79 Å². The molecular weight excluding hydrogens is 332 g/mol. The van der Waals surface area contributed by atoms with Crippen molar-refractivity contribution >= 4 is 11.9 Å². The summed E-state index contributed by atoms with van der Waals surface area (Å²) in [5.74, 6) is -5.60. The zero-order valence-corrected chi connectivity index (χ0v) is 12.3. The van der Waals surface area contributed by atoms with E-state index in [1.807, 2.05) is 0 Å². The summed E-state index contributed by atoms with van der Waals surface area (Å²) in [4.78, 5) is 25.0. The van der Waals surface area contributed by atoms with Crippen molar-refractivity contribution < 1.29 is 45.0 Å². The maximum atomic E-state index is 11.6. The number of amides is 1. The monoisotopic (exact) mass is 350 g/mol. The molecule has 13 nitrogen and oxygen atoms in total. The van der Waals surface area contributed by atoms with Crippen molar-refractivity contribution in [3.63, 3.8) is 0 Å². The average Bonchev–Trinajstić information content (AvgIpc) is 2.53. The highest BCUT2D eigenvalue weighted by Crippen LogP contribution is 2.30. The lowest BCUT2D eigenvalue weighted by molar-refractivity contribution is -0.295. The smallest absolute Gasteiger partial charge is 0.364 e. The number of nitrogens with one attached hydrogen (secondary N) is 1. The van der Waals surface area contributed by atoms with Crippen molar-refractivity contribution in [2.45, 2.75) is 42.7 Å². The molecule has 136 valence electrons. The second-order valence-corrected chi connectivity index (χ2v) is 5.17. The third-order valence-corrected chi connectivity index (χ3v) is 3.44. The summed E-state index contributed by atoms with van der Waals surface area (Å²) in [6.45, 7) is -1.57. The van der Waals surface area contributed by atoms with E-state index in [-0.39, 0.29) is 0 Å². The van der Waals surface area contributed by atoms with Crippen molar-refractivity contribution in [3.05, 3.63) is 10.4 Å². The lowest BCUT2D eigenvalue weighted by atomic mass is 9.88. The van der Waals surface area contributed by atoms with E-state index >= 15 is 0 Å². The number of nitrogens with zero attached hydrogens (tertiary/aromatic N) is 3. The minimum atomic E-state index is -2.87. The number of aliphatic hydroxyl groups is 5. The highest BCUT2D eigenvalue weighted by molar-refractivity contribution is 5.79. The summed E-state index contributed by atoms with van der Waals surface area (Å²) in [5.41, 5.74) is 8.15. The number of hydrogen-bond donors (Lipinski definition) is 7. The fourth-order valence-corrected chi connectivity index (χ4v) is 2.23.